The van der Waals surface area contributed by atoms with Crippen LogP contribution in [0.5, 0.6) is 5.75 Å². The van der Waals surface area contributed by atoms with Crippen LogP contribution in [0.25, 0.3) is 0 Å². The number of methoxy groups -OCH3 is 1. The number of hydrogen-bond donors (Lipinski definition) is 3. The number of aromatic amines is 1. The van der Waals surface area contributed by atoms with Gasteiger partial charge in [-0.15, -0.1) is 0 Å². The molecule has 0 saturated carbocycles. The molecule has 0 aliphatic rings. The van der Waals surface area contributed by atoms with Crippen LogP contribution in [0.2, 0.25) is 0 Å². The number of nitrogens with one attached hydrogen (secondary N) is 2. The van der Waals surface area contributed by atoms with Gasteiger partial charge in [0.05, 0.1) is 7.11 Å². The number of nitrogens with zero attached hydrogens (tertiary/aromatic N) is 1. The average Bonchev–Trinajstić information content (AvgIpc) is 2.59. The summed E-state index contributed by atoms with van der Waals surface area (Å²) >= 11 is 0. The molecular formula is C17H19N3O5. The minimum Gasteiger partial charge on any atom is -0.497 e. The molecule has 0 bridgehead atoms. The van der Waals surface area contributed by atoms with Gasteiger partial charge in [0.25, 0.3) is 11.5 Å². The van der Waals surface area contributed by atoms with E-state index in [9.17, 15) is 14.4 Å². The summed E-state index contributed by atoms with van der Waals surface area (Å²) in [6.07, 6.45) is 0.541. The summed E-state index contributed by atoms with van der Waals surface area (Å²) in [7, 11) is 1.57. The molecule has 0 fully saturated rings. The van der Waals surface area contributed by atoms with Gasteiger partial charge in [-0.25, -0.2) is 9.78 Å². The van der Waals surface area contributed by atoms with Crippen molar-refractivity contribution in [2.75, 3.05) is 7.11 Å². The summed E-state index contributed by atoms with van der Waals surface area (Å²) in [6, 6.07) is 7.22. The molecule has 8 heteroatoms. The van der Waals surface area contributed by atoms with Crippen molar-refractivity contribution in [3.8, 4) is 5.75 Å². The number of carbonyl (C=O) groups is 2. The summed E-state index contributed by atoms with van der Waals surface area (Å²) in [5.74, 6) is -0.820. The molecule has 0 radical (unpaired) electrons. The standard InChI is InChI=1S/C17H19N3O5/c1-3-12(17(23)24)19-16(22)13-9-15(21)20-14(18-13)8-10-4-6-11(25-2)7-5-10/h4-7,9,12H,3,8H2,1-2H3,(H,19,22)(H,23,24)(H,18,20,21). The van der Waals surface area contributed by atoms with E-state index in [4.69, 9.17) is 9.84 Å². The lowest BCUT2D eigenvalue weighted by molar-refractivity contribution is -0.139. The van der Waals surface area contributed by atoms with Crippen molar-refractivity contribution in [2.24, 2.45) is 0 Å². The molecule has 1 heterocycles. The van der Waals surface area contributed by atoms with Gasteiger partial charge < -0.3 is 20.1 Å². The molecule has 1 aromatic heterocycles. The Morgan fingerprint density at radius 2 is 2.00 bits per heavy atom. The van der Waals surface area contributed by atoms with Gasteiger partial charge in [-0.05, 0) is 24.1 Å². The number of hydrogen-bond acceptors (Lipinski definition) is 5. The van der Waals surface area contributed by atoms with Gasteiger partial charge >= 0.3 is 5.97 Å². The second kappa shape index (κ2) is 8.09. The van der Waals surface area contributed by atoms with Crippen LogP contribution >= 0.6 is 0 Å². The highest BCUT2D eigenvalue weighted by molar-refractivity contribution is 5.94. The fourth-order valence-corrected chi connectivity index (χ4v) is 2.22. The van der Waals surface area contributed by atoms with E-state index in [1.165, 1.54) is 0 Å². The lowest BCUT2D eigenvalue weighted by atomic mass is 10.1. The third-order valence-corrected chi connectivity index (χ3v) is 3.57. The molecule has 0 aliphatic carbocycles. The molecule has 1 unspecified atom stereocenters. The van der Waals surface area contributed by atoms with Gasteiger partial charge in [0, 0.05) is 12.5 Å². The zero-order valence-corrected chi connectivity index (χ0v) is 13.9. The molecule has 1 aromatic carbocycles. The first kappa shape index (κ1) is 18.2. The largest absolute Gasteiger partial charge is 0.497 e. The van der Waals surface area contributed by atoms with Gasteiger partial charge in [-0.2, -0.15) is 0 Å². The molecule has 0 aliphatic heterocycles. The molecule has 1 amide bonds. The monoisotopic (exact) mass is 345 g/mol. The maximum absolute atomic E-state index is 12.2. The molecule has 3 N–H and O–H groups in total. The maximum atomic E-state index is 12.2. The first-order valence-electron chi connectivity index (χ1n) is 7.69. The molecule has 8 nitrogen and oxygen atoms in total. The van der Waals surface area contributed by atoms with Crippen LogP contribution in [0.3, 0.4) is 0 Å². The predicted molar refractivity (Wildman–Crippen MR) is 89.8 cm³/mol. The highest BCUT2D eigenvalue weighted by atomic mass is 16.5. The van der Waals surface area contributed by atoms with Gasteiger partial charge in [-0.1, -0.05) is 19.1 Å². The Kier molecular flexibility index (Phi) is 5.89. The topological polar surface area (TPSA) is 121 Å². The fraction of sp³-hybridized carbons (Fsp3) is 0.294. The Balaban J connectivity index is 2.20. The zero-order chi connectivity index (χ0) is 18.4. The highest BCUT2D eigenvalue weighted by Crippen LogP contribution is 2.13. The van der Waals surface area contributed by atoms with Crippen molar-refractivity contribution in [1.82, 2.24) is 15.3 Å². The quantitative estimate of drug-likeness (QED) is 0.687. The van der Waals surface area contributed by atoms with E-state index in [0.717, 1.165) is 11.6 Å². The number of aliphatic carboxylic acids is 1. The lowest BCUT2D eigenvalue weighted by Crippen LogP contribution is -2.41. The van der Waals surface area contributed by atoms with Crippen molar-refractivity contribution in [3.05, 3.63) is 57.8 Å². The number of H-pyrrole nitrogens is 1. The van der Waals surface area contributed by atoms with Crippen LogP contribution in [0, 0.1) is 0 Å². The summed E-state index contributed by atoms with van der Waals surface area (Å²) < 4.78 is 5.08. The SMILES string of the molecule is CCC(NC(=O)c1cc(=O)[nH]c(Cc2ccc(OC)cc2)n1)C(=O)O. The molecule has 0 spiro atoms. The van der Waals surface area contributed by atoms with E-state index in [1.807, 2.05) is 12.1 Å². The summed E-state index contributed by atoms with van der Waals surface area (Å²) in [5, 5.41) is 11.3. The summed E-state index contributed by atoms with van der Waals surface area (Å²) in [6.45, 7) is 1.64. The number of rotatable bonds is 7. The highest BCUT2D eigenvalue weighted by Gasteiger charge is 2.20. The van der Waals surface area contributed by atoms with Crippen molar-refractivity contribution in [1.29, 1.82) is 0 Å². The van der Waals surface area contributed by atoms with Gasteiger partial charge in [0.15, 0.2) is 0 Å². The molecule has 25 heavy (non-hydrogen) atoms. The smallest absolute Gasteiger partial charge is 0.326 e. The number of ether oxygens (including phenoxy) is 1. The number of carboxylic acids is 1. The van der Waals surface area contributed by atoms with Crippen LogP contribution in [0.4, 0.5) is 0 Å². The van der Waals surface area contributed by atoms with E-state index >= 15 is 0 Å². The minimum atomic E-state index is -1.14. The Labute approximate surface area is 143 Å². The Morgan fingerprint density at radius 3 is 2.56 bits per heavy atom. The van der Waals surface area contributed by atoms with Crippen LogP contribution in [0.1, 0.15) is 35.2 Å². The maximum Gasteiger partial charge on any atom is 0.326 e. The van der Waals surface area contributed by atoms with Crippen molar-refractivity contribution < 1.29 is 19.4 Å². The molecule has 2 aromatic rings. The molecule has 0 saturated heterocycles. The van der Waals surface area contributed by atoms with E-state index in [0.29, 0.717) is 18.0 Å². The van der Waals surface area contributed by atoms with Crippen LogP contribution < -0.4 is 15.6 Å². The Bertz CT molecular complexity index is 814. The van der Waals surface area contributed by atoms with Gasteiger partial charge in [-0.3, -0.25) is 9.59 Å². The first-order valence-corrected chi connectivity index (χ1v) is 7.69. The normalized spacial score (nSPS) is 11.6. The molecule has 2 rings (SSSR count). The molecule has 1 atom stereocenters. The van der Waals surface area contributed by atoms with E-state index < -0.39 is 23.5 Å². The number of carbonyl (C=O) groups excluding carboxylic acids is 1. The second-order valence-corrected chi connectivity index (χ2v) is 5.37. The summed E-state index contributed by atoms with van der Waals surface area (Å²) in [4.78, 5) is 41.6. The minimum absolute atomic E-state index is 0.119. The zero-order valence-electron chi connectivity index (χ0n) is 13.9. The first-order chi connectivity index (χ1) is 11.9. The average molecular weight is 345 g/mol. The molecule has 132 valence electrons. The van der Waals surface area contributed by atoms with E-state index in [-0.39, 0.29) is 12.1 Å². The van der Waals surface area contributed by atoms with Crippen molar-refractivity contribution in [2.45, 2.75) is 25.8 Å². The lowest BCUT2D eigenvalue weighted by Gasteiger charge is -2.12. The van der Waals surface area contributed by atoms with Crippen LogP contribution in [-0.4, -0.2) is 40.1 Å². The Hall–Kier alpha value is -3.16. The molecular weight excluding hydrogens is 326 g/mol. The van der Waals surface area contributed by atoms with Crippen molar-refractivity contribution >= 4 is 11.9 Å². The third kappa shape index (κ3) is 4.90. The number of benzene rings is 1. The predicted octanol–water partition coefficient (Wildman–Crippen LogP) is 0.962. The summed E-state index contributed by atoms with van der Waals surface area (Å²) in [5.41, 5.74) is 0.275. The van der Waals surface area contributed by atoms with E-state index in [2.05, 4.69) is 15.3 Å². The van der Waals surface area contributed by atoms with E-state index in [1.54, 1.807) is 26.2 Å². The van der Waals surface area contributed by atoms with Crippen LogP contribution in [-0.2, 0) is 11.2 Å². The Morgan fingerprint density at radius 1 is 1.32 bits per heavy atom. The fourth-order valence-electron chi connectivity index (χ4n) is 2.22. The third-order valence-electron chi connectivity index (χ3n) is 3.57. The van der Waals surface area contributed by atoms with Crippen LogP contribution in [0.15, 0.2) is 35.1 Å². The van der Waals surface area contributed by atoms with Crippen molar-refractivity contribution in [3.63, 3.8) is 0 Å². The second-order valence-electron chi connectivity index (χ2n) is 5.37. The van der Waals surface area contributed by atoms with Gasteiger partial charge in [0.2, 0.25) is 0 Å². The number of aromatic nitrogens is 2. The van der Waals surface area contributed by atoms with Gasteiger partial charge in [0.1, 0.15) is 23.3 Å². The number of carboxylic acid groups (broad SMARTS) is 1. The number of amides is 1.